The normalized spacial score (nSPS) is 9.81. The second kappa shape index (κ2) is 4.41. The molecule has 80 valence electrons. The van der Waals surface area contributed by atoms with Gasteiger partial charge in [0.05, 0.1) is 6.54 Å². The SMILES string of the molecule is CCn1nnc(-c2cccc(N=[N+]=[N-])c2)n1. The van der Waals surface area contributed by atoms with Crippen LogP contribution >= 0.6 is 0 Å². The van der Waals surface area contributed by atoms with Crippen molar-refractivity contribution in [1.82, 2.24) is 20.2 Å². The van der Waals surface area contributed by atoms with Crippen molar-refractivity contribution in [2.45, 2.75) is 13.5 Å². The molecular weight excluding hydrogens is 206 g/mol. The predicted octanol–water partition coefficient (Wildman–Crippen LogP) is 2.30. The number of rotatable bonds is 3. The lowest BCUT2D eigenvalue weighted by Gasteiger charge is -1.95. The van der Waals surface area contributed by atoms with Gasteiger partial charge in [-0.2, -0.15) is 4.80 Å². The lowest BCUT2D eigenvalue weighted by atomic mass is 10.2. The summed E-state index contributed by atoms with van der Waals surface area (Å²) in [6.45, 7) is 2.60. The number of azide groups is 1. The lowest BCUT2D eigenvalue weighted by molar-refractivity contribution is 0.553. The average molecular weight is 215 g/mol. The first-order chi connectivity index (χ1) is 7.83. The fourth-order valence-corrected chi connectivity index (χ4v) is 1.25. The van der Waals surface area contributed by atoms with Crippen LogP contribution in [0.25, 0.3) is 21.8 Å². The standard InChI is InChI=1S/C9H9N7/c1-2-16-13-9(12-15-16)7-4-3-5-8(6-7)11-14-10/h3-6H,2H2,1H3. The van der Waals surface area contributed by atoms with Crippen LogP contribution in [0.4, 0.5) is 5.69 Å². The Morgan fingerprint density at radius 1 is 1.50 bits per heavy atom. The molecule has 16 heavy (non-hydrogen) atoms. The Kier molecular flexibility index (Phi) is 2.79. The molecule has 0 bridgehead atoms. The molecule has 0 amide bonds. The first-order valence-corrected chi connectivity index (χ1v) is 4.77. The molecule has 1 heterocycles. The highest BCUT2D eigenvalue weighted by Crippen LogP contribution is 2.20. The quantitative estimate of drug-likeness (QED) is 0.446. The number of nitrogens with zero attached hydrogens (tertiary/aromatic N) is 7. The number of tetrazole rings is 1. The van der Waals surface area contributed by atoms with Crippen LogP contribution in [0.1, 0.15) is 6.92 Å². The predicted molar refractivity (Wildman–Crippen MR) is 57.7 cm³/mol. The number of hydrogen-bond acceptors (Lipinski definition) is 4. The van der Waals surface area contributed by atoms with Crippen molar-refractivity contribution in [2.75, 3.05) is 0 Å². The largest absolute Gasteiger partial charge is 0.204 e. The van der Waals surface area contributed by atoms with E-state index in [0.29, 0.717) is 18.1 Å². The molecule has 0 atom stereocenters. The van der Waals surface area contributed by atoms with E-state index in [0.717, 1.165) is 5.56 Å². The second-order valence-electron chi connectivity index (χ2n) is 3.04. The van der Waals surface area contributed by atoms with Crippen molar-refractivity contribution in [3.05, 3.63) is 34.7 Å². The maximum Gasteiger partial charge on any atom is 0.204 e. The van der Waals surface area contributed by atoms with Crippen molar-refractivity contribution < 1.29 is 0 Å². The zero-order valence-electron chi connectivity index (χ0n) is 8.65. The van der Waals surface area contributed by atoms with Gasteiger partial charge in [-0.15, -0.1) is 10.2 Å². The van der Waals surface area contributed by atoms with E-state index in [1.54, 1.807) is 18.2 Å². The summed E-state index contributed by atoms with van der Waals surface area (Å²) in [6.07, 6.45) is 0. The minimum absolute atomic E-state index is 0.525. The molecule has 1 aromatic carbocycles. The van der Waals surface area contributed by atoms with Gasteiger partial charge in [-0.1, -0.05) is 23.3 Å². The molecule has 1 aromatic heterocycles. The zero-order chi connectivity index (χ0) is 11.4. The van der Waals surface area contributed by atoms with Crippen molar-refractivity contribution in [2.24, 2.45) is 5.11 Å². The molecule has 7 heteroatoms. The van der Waals surface area contributed by atoms with E-state index in [1.165, 1.54) is 4.80 Å². The third kappa shape index (κ3) is 1.99. The Morgan fingerprint density at radius 3 is 3.06 bits per heavy atom. The summed E-state index contributed by atoms with van der Waals surface area (Å²) in [4.78, 5) is 4.22. The average Bonchev–Trinajstić information content (AvgIpc) is 2.78. The molecule has 0 spiro atoms. The van der Waals surface area contributed by atoms with Gasteiger partial charge in [-0.05, 0) is 23.7 Å². The van der Waals surface area contributed by atoms with Crippen molar-refractivity contribution >= 4 is 5.69 Å². The van der Waals surface area contributed by atoms with Crippen LogP contribution < -0.4 is 0 Å². The minimum atomic E-state index is 0.525. The first kappa shape index (κ1) is 10.1. The van der Waals surface area contributed by atoms with Crippen LogP contribution in [0.2, 0.25) is 0 Å². The van der Waals surface area contributed by atoms with Gasteiger partial charge >= 0.3 is 0 Å². The molecular formula is C9H9N7. The van der Waals surface area contributed by atoms with Gasteiger partial charge in [0, 0.05) is 16.2 Å². The molecule has 0 aliphatic heterocycles. The highest BCUT2D eigenvalue weighted by atomic mass is 15.6. The number of benzene rings is 1. The van der Waals surface area contributed by atoms with Crippen molar-refractivity contribution in [1.29, 1.82) is 0 Å². The van der Waals surface area contributed by atoms with Crippen molar-refractivity contribution in [3.63, 3.8) is 0 Å². The molecule has 0 aliphatic carbocycles. The van der Waals surface area contributed by atoms with E-state index >= 15 is 0 Å². The molecule has 0 radical (unpaired) electrons. The van der Waals surface area contributed by atoms with Gasteiger partial charge in [-0.25, -0.2) is 0 Å². The lowest BCUT2D eigenvalue weighted by Crippen LogP contribution is -1.98. The molecule has 2 aromatic rings. The summed E-state index contributed by atoms with van der Waals surface area (Å²) in [5, 5.41) is 15.4. The third-order valence-electron chi connectivity index (χ3n) is 2.00. The maximum atomic E-state index is 8.33. The van der Waals surface area contributed by atoms with Gasteiger partial charge in [0.15, 0.2) is 0 Å². The summed E-state index contributed by atoms with van der Waals surface area (Å²) in [5.41, 5.74) is 9.65. The Bertz CT molecular complexity index is 538. The van der Waals surface area contributed by atoms with Gasteiger partial charge < -0.3 is 0 Å². The Morgan fingerprint density at radius 2 is 2.38 bits per heavy atom. The fraction of sp³-hybridized carbons (Fsp3) is 0.222. The molecule has 0 fully saturated rings. The van der Waals surface area contributed by atoms with Crippen LogP contribution in [-0.2, 0) is 6.54 Å². The van der Waals surface area contributed by atoms with E-state index in [1.807, 2.05) is 13.0 Å². The van der Waals surface area contributed by atoms with Crippen LogP contribution in [0.15, 0.2) is 29.4 Å². The van der Waals surface area contributed by atoms with E-state index < -0.39 is 0 Å². The van der Waals surface area contributed by atoms with E-state index in [9.17, 15) is 0 Å². The zero-order valence-corrected chi connectivity index (χ0v) is 8.65. The topological polar surface area (TPSA) is 92.4 Å². The van der Waals surface area contributed by atoms with Gasteiger partial charge in [0.2, 0.25) is 5.82 Å². The number of hydrogen-bond donors (Lipinski definition) is 0. The molecule has 0 saturated heterocycles. The monoisotopic (exact) mass is 215 g/mol. The third-order valence-corrected chi connectivity index (χ3v) is 2.00. The fourth-order valence-electron chi connectivity index (χ4n) is 1.25. The summed E-state index contributed by atoms with van der Waals surface area (Å²) < 4.78 is 0. The molecule has 7 nitrogen and oxygen atoms in total. The molecule has 0 unspecified atom stereocenters. The first-order valence-electron chi connectivity index (χ1n) is 4.77. The number of aromatic nitrogens is 4. The van der Waals surface area contributed by atoms with Crippen LogP contribution in [0.3, 0.4) is 0 Å². The highest BCUT2D eigenvalue weighted by Gasteiger charge is 2.04. The van der Waals surface area contributed by atoms with Crippen LogP contribution in [0.5, 0.6) is 0 Å². The molecule has 2 rings (SSSR count). The maximum absolute atomic E-state index is 8.33. The Labute approximate surface area is 91.3 Å². The number of aryl methyl sites for hydroxylation is 1. The summed E-state index contributed by atoms with van der Waals surface area (Å²) in [7, 11) is 0. The summed E-state index contributed by atoms with van der Waals surface area (Å²) >= 11 is 0. The second-order valence-corrected chi connectivity index (χ2v) is 3.04. The van der Waals surface area contributed by atoms with E-state index in [-0.39, 0.29) is 0 Å². The minimum Gasteiger partial charge on any atom is -0.164 e. The van der Waals surface area contributed by atoms with Gasteiger partial charge in [0.25, 0.3) is 0 Å². The molecule has 0 aliphatic rings. The molecule has 0 N–H and O–H groups in total. The highest BCUT2D eigenvalue weighted by molar-refractivity contribution is 5.59. The molecule has 0 saturated carbocycles. The van der Waals surface area contributed by atoms with E-state index in [4.69, 9.17) is 5.53 Å². The summed E-state index contributed by atoms with van der Waals surface area (Å²) in [5.74, 6) is 0.525. The van der Waals surface area contributed by atoms with Gasteiger partial charge in [-0.3, -0.25) is 0 Å². The van der Waals surface area contributed by atoms with Crippen LogP contribution in [0, 0.1) is 0 Å². The van der Waals surface area contributed by atoms with Gasteiger partial charge in [0.1, 0.15) is 0 Å². The van der Waals surface area contributed by atoms with E-state index in [2.05, 4.69) is 25.4 Å². The smallest absolute Gasteiger partial charge is 0.164 e. The summed E-state index contributed by atoms with van der Waals surface area (Å²) in [6, 6.07) is 7.06. The van der Waals surface area contributed by atoms with Crippen molar-refractivity contribution in [3.8, 4) is 11.4 Å². The Balaban J connectivity index is 2.39. The van der Waals surface area contributed by atoms with Crippen LogP contribution in [-0.4, -0.2) is 20.2 Å². The Hall–Kier alpha value is -2.40.